The summed E-state index contributed by atoms with van der Waals surface area (Å²) in [6.07, 6.45) is 0. The lowest BCUT2D eigenvalue weighted by molar-refractivity contribution is 1.18. The molecule has 0 spiro atoms. The topological polar surface area (TPSA) is 16.3 Å². The van der Waals surface area contributed by atoms with Crippen molar-refractivity contribution < 1.29 is 0 Å². The summed E-state index contributed by atoms with van der Waals surface area (Å²) >= 11 is 0. The van der Waals surface area contributed by atoms with E-state index in [4.69, 9.17) is 0 Å². The van der Waals surface area contributed by atoms with E-state index >= 15 is 0 Å². The van der Waals surface area contributed by atoms with Crippen LogP contribution in [0.1, 0.15) is 0 Å². The largest absolute Gasteiger partial charge is 0.311 e. The van der Waals surface area contributed by atoms with Crippen LogP contribution in [0.2, 0.25) is 0 Å². The van der Waals surface area contributed by atoms with Crippen molar-refractivity contribution >= 4 is 101 Å². The summed E-state index contributed by atoms with van der Waals surface area (Å²) < 4.78 is 4.97. The van der Waals surface area contributed by atoms with Crippen molar-refractivity contribution in [3.05, 3.63) is 358 Å². The molecule has 0 aliphatic carbocycles. The van der Waals surface area contributed by atoms with E-state index in [2.05, 4.69) is 377 Å². The average Bonchev–Trinajstić information content (AvgIpc) is 1.63. The third-order valence-corrected chi connectivity index (χ3v) is 19.8. The molecule has 2 aliphatic rings. The van der Waals surface area contributed by atoms with E-state index in [1.54, 1.807) is 0 Å². The Morgan fingerprint density at radius 3 is 0.874 bits per heavy atom. The Hall–Kier alpha value is -12.4. The molecule has 2 aliphatic heterocycles. The van der Waals surface area contributed by atoms with Gasteiger partial charge in [-0.3, -0.25) is 0 Å². The first-order valence-electron chi connectivity index (χ1n) is 32.8. The van der Waals surface area contributed by atoms with Gasteiger partial charge in [0.2, 0.25) is 0 Å². The second-order valence-corrected chi connectivity index (χ2v) is 25.1. The molecule has 15 aromatic carbocycles. The van der Waals surface area contributed by atoms with Crippen LogP contribution in [0.25, 0.3) is 122 Å². The van der Waals surface area contributed by atoms with Gasteiger partial charge in [-0.25, -0.2) is 0 Å². The number of benzene rings is 15. The molecular formula is C90H59BN4. The minimum atomic E-state index is -0.228. The molecule has 0 amide bonds. The van der Waals surface area contributed by atoms with E-state index in [0.29, 0.717) is 0 Å². The van der Waals surface area contributed by atoms with Gasteiger partial charge in [0.25, 0.3) is 6.71 Å². The fourth-order valence-electron chi connectivity index (χ4n) is 15.7. The van der Waals surface area contributed by atoms with E-state index < -0.39 is 0 Å². The Balaban J connectivity index is 0.934. The van der Waals surface area contributed by atoms with Crippen molar-refractivity contribution in [2.75, 3.05) is 9.80 Å². The highest BCUT2D eigenvalue weighted by atomic mass is 15.2. The van der Waals surface area contributed by atoms with E-state index in [0.717, 1.165) is 78.8 Å². The predicted octanol–water partition coefficient (Wildman–Crippen LogP) is 22.0. The molecule has 0 unspecified atom stereocenters. The van der Waals surface area contributed by atoms with Gasteiger partial charge < -0.3 is 18.9 Å². The summed E-state index contributed by atoms with van der Waals surface area (Å²) in [6.45, 7) is -0.228. The summed E-state index contributed by atoms with van der Waals surface area (Å²) in [5.74, 6) is 0. The van der Waals surface area contributed by atoms with Gasteiger partial charge >= 0.3 is 0 Å². The zero-order chi connectivity index (χ0) is 62.5. The highest BCUT2D eigenvalue weighted by Gasteiger charge is 2.45. The Kier molecular flexibility index (Phi) is 12.7. The van der Waals surface area contributed by atoms with Crippen LogP contribution in [-0.2, 0) is 0 Å². The molecule has 0 N–H and O–H groups in total. The highest BCUT2D eigenvalue weighted by Crippen LogP contribution is 2.51. The van der Waals surface area contributed by atoms with Crippen molar-refractivity contribution in [3.8, 4) is 78.1 Å². The molecule has 5 heteroatoms. The molecule has 95 heavy (non-hydrogen) atoms. The van der Waals surface area contributed by atoms with Crippen LogP contribution < -0.4 is 26.2 Å². The second-order valence-electron chi connectivity index (χ2n) is 25.1. The first kappa shape index (κ1) is 54.3. The van der Waals surface area contributed by atoms with Crippen LogP contribution in [-0.4, -0.2) is 15.8 Å². The number of rotatable bonds is 10. The molecule has 0 atom stereocenters. The number of fused-ring (bicyclic) bond motifs is 10. The van der Waals surface area contributed by atoms with Crippen LogP contribution in [0.3, 0.4) is 0 Å². The van der Waals surface area contributed by atoms with E-state index in [1.165, 1.54) is 93.5 Å². The van der Waals surface area contributed by atoms with Gasteiger partial charge in [-0.1, -0.05) is 237 Å². The maximum absolute atomic E-state index is 2.62. The zero-order valence-corrected chi connectivity index (χ0v) is 51.9. The van der Waals surface area contributed by atoms with Crippen LogP contribution >= 0.6 is 0 Å². The molecule has 0 saturated heterocycles. The van der Waals surface area contributed by atoms with Gasteiger partial charge in [-0.05, 0) is 193 Å². The van der Waals surface area contributed by atoms with Crippen molar-refractivity contribution in [1.82, 2.24) is 9.13 Å². The number of para-hydroxylation sites is 6. The van der Waals surface area contributed by atoms with Gasteiger partial charge in [0.15, 0.2) is 0 Å². The summed E-state index contributed by atoms with van der Waals surface area (Å²) in [4.78, 5) is 5.24. The number of aromatic nitrogens is 2. The molecule has 4 nitrogen and oxygen atoms in total. The molecule has 0 fully saturated rings. The zero-order valence-electron chi connectivity index (χ0n) is 51.9. The molecular weight excluding hydrogens is 1150 g/mol. The Labute approximate surface area is 552 Å². The maximum Gasteiger partial charge on any atom is 0.252 e. The molecule has 4 heterocycles. The van der Waals surface area contributed by atoms with Crippen LogP contribution in [0.4, 0.5) is 34.1 Å². The smallest absolute Gasteiger partial charge is 0.252 e. The van der Waals surface area contributed by atoms with Gasteiger partial charge in [-0.2, -0.15) is 0 Å². The predicted molar refractivity (Wildman–Crippen MR) is 402 cm³/mol. The molecule has 0 bridgehead atoms. The molecule has 442 valence electrons. The lowest BCUT2D eigenvalue weighted by atomic mass is 9.33. The monoisotopic (exact) mass is 1210 g/mol. The lowest BCUT2D eigenvalue weighted by Gasteiger charge is -2.45. The number of nitrogens with zero attached hydrogens (tertiary/aromatic N) is 4. The van der Waals surface area contributed by atoms with Crippen LogP contribution in [0.15, 0.2) is 358 Å². The van der Waals surface area contributed by atoms with Gasteiger partial charge in [0.05, 0.1) is 33.4 Å². The Morgan fingerprint density at radius 1 is 0.189 bits per heavy atom. The maximum atomic E-state index is 2.62. The van der Waals surface area contributed by atoms with Crippen LogP contribution in [0.5, 0.6) is 0 Å². The van der Waals surface area contributed by atoms with E-state index in [1.807, 2.05) is 0 Å². The highest BCUT2D eigenvalue weighted by molar-refractivity contribution is 7.00. The summed E-state index contributed by atoms with van der Waals surface area (Å²) in [7, 11) is 0. The number of hydrogen-bond donors (Lipinski definition) is 0. The van der Waals surface area contributed by atoms with Gasteiger partial charge in [0, 0.05) is 66.8 Å². The van der Waals surface area contributed by atoms with Crippen LogP contribution in [0, 0.1) is 0 Å². The van der Waals surface area contributed by atoms with E-state index in [9.17, 15) is 0 Å². The quantitative estimate of drug-likeness (QED) is 0.127. The average molecular weight is 1210 g/mol. The number of anilines is 6. The summed E-state index contributed by atoms with van der Waals surface area (Å²) in [5, 5.41) is 4.80. The normalized spacial score (nSPS) is 12.4. The first-order valence-corrected chi connectivity index (χ1v) is 32.8. The van der Waals surface area contributed by atoms with Crippen molar-refractivity contribution in [2.24, 2.45) is 0 Å². The Morgan fingerprint density at radius 2 is 0.495 bits per heavy atom. The third kappa shape index (κ3) is 8.85. The van der Waals surface area contributed by atoms with Crippen molar-refractivity contribution in [3.63, 3.8) is 0 Å². The SMILES string of the molecule is c1ccc(-c2cc(-c3ccccc3)cc(-c3ccccc3N3c4cc5c6ccccc6n(-c6ccccc6)c5cc4B4c5cc6c(cc5N(c5ccccc5-c5cc(-c7ccccc7)cc(-c7ccccc7)c5)c5cccc3c54)c3ccccc3n6-c3ccccc3)c2)cc1. The minimum absolute atomic E-state index is 0.228. The van der Waals surface area contributed by atoms with Crippen molar-refractivity contribution in [1.29, 1.82) is 0 Å². The fourth-order valence-corrected chi connectivity index (χ4v) is 15.7. The summed E-state index contributed by atoms with van der Waals surface area (Å²) in [6, 6.07) is 133. The standard InChI is InChI=1S/C90H59BN4/c1-7-28-60(29-8-1)64-50-65(61-30-9-2-10-31-61)53-68(52-64)72-40-19-23-44-80(72)94-84-48-27-49-85-90(84)91(78-58-86-76(56-88(78)94)74-42-21-25-46-82(74)92(86)70-36-15-5-16-37-70)79-59-87-77(75-43-22-26-47-83(75)93(87)71-38-17-6-18-39-71)57-89(79)95(85)81-45-24-20-41-73(81)69-54-66(62-32-11-3-12-33-62)51-67(55-69)63-34-13-4-14-35-63/h1-59H. The molecule has 19 rings (SSSR count). The van der Waals surface area contributed by atoms with Crippen molar-refractivity contribution in [2.45, 2.75) is 0 Å². The Bertz CT molecular complexity index is 5370. The molecule has 0 saturated carbocycles. The van der Waals surface area contributed by atoms with E-state index in [-0.39, 0.29) is 6.71 Å². The molecule has 2 aromatic heterocycles. The second kappa shape index (κ2) is 22.2. The fraction of sp³-hybridized carbons (Fsp3) is 0. The molecule has 0 radical (unpaired) electrons. The molecule has 17 aromatic rings. The third-order valence-electron chi connectivity index (χ3n) is 19.8. The van der Waals surface area contributed by atoms with Gasteiger partial charge in [0.1, 0.15) is 0 Å². The number of hydrogen-bond acceptors (Lipinski definition) is 2. The first-order chi connectivity index (χ1) is 47.1. The minimum Gasteiger partial charge on any atom is -0.311 e. The van der Waals surface area contributed by atoms with Gasteiger partial charge in [-0.15, -0.1) is 0 Å². The summed E-state index contributed by atoms with van der Waals surface area (Å²) in [5.41, 5.74) is 31.3. The lowest BCUT2D eigenvalue weighted by Crippen LogP contribution is -2.61.